The molecule has 3 nitrogen and oxygen atoms in total. The number of aromatic nitrogens is 1. The molecule has 1 aromatic carbocycles. The number of hydrogen-bond acceptors (Lipinski definition) is 3. The lowest BCUT2D eigenvalue weighted by Crippen LogP contribution is -2.04. The van der Waals surface area contributed by atoms with E-state index in [-0.39, 0.29) is 0 Å². The average Bonchev–Trinajstić information content (AvgIpc) is 2.45. The number of aldehydes is 1. The van der Waals surface area contributed by atoms with Crippen molar-refractivity contribution in [2.45, 2.75) is 20.8 Å². The number of benzene rings is 1. The van der Waals surface area contributed by atoms with Crippen LogP contribution in [-0.4, -0.2) is 17.9 Å². The lowest BCUT2D eigenvalue weighted by Gasteiger charge is -2.09. The topological polar surface area (TPSA) is 39.2 Å². The fourth-order valence-electron chi connectivity index (χ4n) is 1.84. The van der Waals surface area contributed by atoms with Crippen LogP contribution in [0, 0.1) is 12.8 Å². The van der Waals surface area contributed by atoms with E-state index in [2.05, 4.69) is 18.8 Å². The van der Waals surface area contributed by atoms with E-state index in [1.807, 2.05) is 37.3 Å². The molecule has 0 aliphatic rings. The van der Waals surface area contributed by atoms with Gasteiger partial charge in [-0.05, 0) is 49.2 Å². The Balaban J connectivity index is 2.17. The zero-order valence-corrected chi connectivity index (χ0v) is 12.1. The average molecular weight is 269 g/mol. The molecule has 2 aromatic rings. The van der Waals surface area contributed by atoms with Gasteiger partial charge in [0, 0.05) is 16.8 Å². The zero-order chi connectivity index (χ0) is 14.5. The second kappa shape index (κ2) is 6.33. The van der Waals surface area contributed by atoms with Gasteiger partial charge in [-0.15, -0.1) is 0 Å². The highest BCUT2D eigenvalue weighted by atomic mass is 16.5. The number of carbonyl (C=O) groups is 1. The first-order valence-electron chi connectivity index (χ1n) is 6.76. The van der Waals surface area contributed by atoms with E-state index in [1.165, 1.54) is 0 Å². The number of hydrogen-bond donors (Lipinski definition) is 0. The van der Waals surface area contributed by atoms with E-state index in [1.54, 1.807) is 6.07 Å². The molecular formula is C17H19NO2. The largest absolute Gasteiger partial charge is 0.493 e. The predicted molar refractivity (Wildman–Crippen MR) is 80.1 cm³/mol. The molecule has 0 amide bonds. The molecule has 1 aromatic heterocycles. The van der Waals surface area contributed by atoms with Crippen molar-refractivity contribution in [1.29, 1.82) is 0 Å². The van der Waals surface area contributed by atoms with Crippen LogP contribution in [0.25, 0.3) is 11.3 Å². The summed E-state index contributed by atoms with van der Waals surface area (Å²) < 4.78 is 5.65. The van der Waals surface area contributed by atoms with Gasteiger partial charge >= 0.3 is 0 Å². The molecule has 104 valence electrons. The van der Waals surface area contributed by atoms with Crippen molar-refractivity contribution in [3.05, 3.63) is 47.7 Å². The number of rotatable bonds is 5. The summed E-state index contributed by atoms with van der Waals surface area (Å²) in [4.78, 5) is 15.2. The van der Waals surface area contributed by atoms with Crippen molar-refractivity contribution < 1.29 is 9.53 Å². The van der Waals surface area contributed by atoms with E-state index in [9.17, 15) is 4.79 Å². The quantitative estimate of drug-likeness (QED) is 0.773. The minimum Gasteiger partial charge on any atom is -0.493 e. The van der Waals surface area contributed by atoms with Crippen LogP contribution in [0.1, 0.15) is 29.9 Å². The Morgan fingerprint density at radius 3 is 2.40 bits per heavy atom. The van der Waals surface area contributed by atoms with Gasteiger partial charge in [0.15, 0.2) is 6.29 Å². The van der Waals surface area contributed by atoms with Crippen LogP contribution in [0.3, 0.4) is 0 Å². The molecule has 0 fully saturated rings. The number of ether oxygens (including phenoxy) is 1. The Labute approximate surface area is 119 Å². The molecule has 20 heavy (non-hydrogen) atoms. The molecule has 2 rings (SSSR count). The van der Waals surface area contributed by atoms with Crippen molar-refractivity contribution in [2.75, 3.05) is 6.61 Å². The number of pyridine rings is 1. The standard InChI is InChI=1S/C17H19NO2/c1-12(2)11-20-16-7-4-14(5-8-16)17-9-6-15(10-19)13(3)18-17/h4-10,12H,11H2,1-3H3. The van der Waals surface area contributed by atoms with Crippen LogP contribution in [0.5, 0.6) is 5.75 Å². The Kier molecular flexibility index (Phi) is 4.51. The third kappa shape index (κ3) is 3.44. The number of aryl methyl sites for hydroxylation is 1. The van der Waals surface area contributed by atoms with E-state index >= 15 is 0 Å². The zero-order valence-electron chi connectivity index (χ0n) is 12.1. The van der Waals surface area contributed by atoms with E-state index in [4.69, 9.17) is 4.74 Å². The van der Waals surface area contributed by atoms with E-state index < -0.39 is 0 Å². The summed E-state index contributed by atoms with van der Waals surface area (Å²) in [6.07, 6.45) is 0.828. The van der Waals surface area contributed by atoms with Gasteiger partial charge < -0.3 is 4.74 Å². The lowest BCUT2D eigenvalue weighted by molar-refractivity contribution is 0.112. The van der Waals surface area contributed by atoms with E-state index in [0.717, 1.165) is 29.0 Å². The SMILES string of the molecule is Cc1nc(-c2ccc(OCC(C)C)cc2)ccc1C=O. The summed E-state index contributed by atoms with van der Waals surface area (Å²) in [7, 11) is 0. The summed E-state index contributed by atoms with van der Waals surface area (Å²) in [6, 6.07) is 11.5. The maximum absolute atomic E-state index is 10.8. The van der Waals surface area contributed by atoms with Gasteiger partial charge in [-0.25, -0.2) is 0 Å². The predicted octanol–water partition coefficient (Wildman–Crippen LogP) is 3.90. The molecule has 0 bridgehead atoms. The van der Waals surface area contributed by atoms with Crippen LogP contribution in [0.2, 0.25) is 0 Å². The molecule has 0 atom stereocenters. The highest BCUT2D eigenvalue weighted by Crippen LogP contribution is 2.22. The maximum atomic E-state index is 10.8. The van der Waals surface area contributed by atoms with Crippen LogP contribution in [-0.2, 0) is 0 Å². The first-order valence-corrected chi connectivity index (χ1v) is 6.76. The van der Waals surface area contributed by atoms with Gasteiger partial charge in [-0.1, -0.05) is 13.8 Å². The van der Waals surface area contributed by atoms with Crippen LogP contribution < -0.4 is 4.74 Å². The van der Waals surface area contributed by atoms with Crippen LogP contribution >= 0.6 is 0 Å². The van der Waals surface area contributed by atoms with Crippen molar-refractivity contribution >= 4 is 6.29 Å². The summed E-state index contributed by atoms with van der Waals surface area (Å²) in [5.74, 6) is 1.37. The second-order valence-corrected chi connectivity index (χ2v) is 5.22. The monoisotopic (exact) mass is 269 g/mol. The summed E-state index contributed by atoms with van der Waals surface area (Å²) >= 11 is 0. The van der Waals surface area contributed by atoms with E-state index in [0.29, 0.717) is 18.1 Å². The minimum atomic E-state index is 0.509. The molecule has 3 heteroatoms. The van der Waals surface area contributed by atoms with Crippen molar-refractivity contribution in [3.8, 4) is 17.0 Å². The lowest BCUT2D eigenvalue weighted by atomic mass is 10.1. The smallest absolute Gasteiger partial charge is 0.151 e. The summed E-state index contributed by atoms with van der Waals surface area (Å²) in [5, 5.41) is 0. The van der Waals surface area contributed by atoms with Gasteiger partial charge in [0.05, 0.1) is 12.3 Å². The van der Waals surface area contributed by atoms with Crippen molar-refractivity contribution in [1.82, 2.24) is 4.98 Å². The molecule has 0 N–H and O–H groups in total. The molecule has 0 aliphatic carbocycles. The first kappa shape index (κ1) is 14.3. The fraction of sp³-hybridized carbons (Fsp3) is 0.294. The summed E-state index contributed by atoms with van der Waals surface area (Å²) in [5.41, 5.74) is 3.26. The van der Waals surface area contributed by atoms with Crippen molar-refractivity contribution in [2.24, 2.45) is 5.92 Å². The third-order valence-electron chi connectivity index (χ3n) is 2.99. The van der Waals surface area contributed by atoms with Gasteiger partial charge in [0.1, 0.15) is 5.75 Å². The Morgan fingerprint density at radius 1 is 1.15 bits per heavy atom. The Bertz CT molecular complexity index is 588. The van der Waals surface area contributed by atoms with Crippen LogP contribution in [0.15, 0.2) is 36.4 Å². The Morgan fingerprint density at radius 2 is 1.85 bits per heavy atom. The minimum absolute atomic E-state index is 0.509. The molecule has 0 radical (unpaired) electrons. The molecule has 0 saturated heterocycles. The highest BCUT2D eigenvalue weighted by molar-refractivity contribution is 5.77. The maximum Gasteiger partial charge on any atom is 0.151 e. The van der Waals surface area contributed by atoms with Gasteiger partial charge in [-0.2, -0.15) is 0 Å². The third-order valence-corrected chi connectivity index (χ3v) is 2.99. The second-order valence-electron chi connectivity index (χ2n) is 5.22. The van der Waals surface area contributed by atoms with Crippen LogP contribution in [0.4, 0.5) is 0 Å². The van der Waals surface area contributed by atoms with Gasteiger partial charge in [0.2, 0.25) is 0 Å². The number of carbonyl (C=O) groups excluding carboxylic acids is 1. The molecule has 0 unspecified atom stereocenters. The van der Waals surface area contributed by atoms with Gasteiger partial charge in [0.25, 0.3) is 0 Å². The number of nitrogens with zero attached hydrogens (tertiary/aromatic N) is 1. The molecule has 0 spiro atoms. The normalized spacial score (nSPS) is 10.6. The Hall–Kier alpha value is -2.16. The highest BCUT2D eigenvalue weighted by Gasteiger charge is 2.04. The molecule has 0 aliphatic heterocycles. The first-order chi connectivity index (χ1) is 9.60. The van der Waals surface area contributed by atoms with Crippen molar-refractivity contribution in [3.63, 3.8) is 0 Å². The molecule has 0 saturated carbocycles. The fourth-order valence-corrected chi connectivity index (χ4v) is 1.84. The summed E-state index contributed by atoms with van der Waals surface area (Å²) in [6.45, 7) is 6.80. The molecule has 1 heterocycles. The molecular weight excluding hydrogens is 250 g/mol. The van der Waals surface area contributed by atoms with Gasteiger partial charge in [-0.3, -0.25) is 9.78 Å².